The van der Waals surface area contributed by atoms with E-state index in [0.717, 1.165) is 9.35 Å². The van der Waals surface area contributed by atoms with Crippen LogP contribution in [0.2, 0.25) is 5.02 Å². The van der Waals surface area contributed by atoms with E-state index < -0.39 is 0 Å². The number of thiophene rings is 1. The van der Waals surface area contributed by atoms with Crippen LogP contribution < -0.4 is 5.32 Å². The number of carbonyl (C=O) groups is 1. The predicted octanol–water partition coefficient (Wildman–Crippen LogP) is 5.29. The molecule has 0 radical (unpaired) electrons. The van der Waals surface area contributed by atoms with E-state index in [1.165, 1.54) is 0 Å². The minimum absolute atomic E-state index is 0.00227. The summed E-state index contributed by atoms with van der Waals surface area (Å²) in [6.07, 6.45) is 0. The van der Waals surface area contributed by atoms with Crippen molar-refractivity contribution in [2.75, 3.05) is 0 Å². The third kappa shape index (κ3) is 3.43. The van der Waals surface area contributed by atoms with Crippen molar-refractivity contribution in [3.63, 3.8) is 0 Å². The van der Waals surface area contributed by atoms with Crippen LogP contribution in [0.4, 0.5) is 0 Å². The summed E-state index contributed by atoms with van der Waals surface area (Å²) in [7, 11) is 0. The van der Waals surface area contributed by atoms with Crippen molar-refractivity contribution >= 4 is 44.8 Å². The topological polar surface area (TPSA) is 29.1 Å². The van der Waals surface area contributed by atoms with Crippen LogP contribution >= 0.6 is 38.9 Å². The molecule has 1 atom stereocenters. The molecule has 1 heterocycles. The van der Waals surface area contributed by atoms with Gasteiger partial charge in [-0.1, -0.05) is 37.6 Å². The van der Waals surface area contributed by atoms with Gasteiger partial charge in [0.15, 0.2) is 0 Å². The van der Waals surface area contributed by atoms with Gasteiger partial charge in [-0.2, -0.15) is 0 Å². The fraction of sp³-hybridized carbons (Fsp3) is 0.267. The van der Waals surface area contributed by atoms with Crippen LogP contribution in [0.25, 0.3) is 0 Å². The molecule has 0 saturated carbocycles. The third-order valence-electron chi connectivity index (χ3n) is 3.00. The lowest BCUT2D eigenvalue weighted by atomic mass is 10.0. The van der Waals surface area contributed by atoms with Gasteiger partial charge in [-0.3, -0.25) is 4.79 Å². The van der Waals surface area contributed by atoms with Crippen molar-refractivity contribution in [3.05, 3.63) is 55.6 Å². The average Bonchev–Trinajstić information content (AvgIpc) is 2.92. The molecule has 1 unspecified atom stereocenters. The Morgan fingerprint density at radius 3 is 2.65 bits per heavy atom. The van der Waals surface area contributed by atoms with E-state index >= 15 is 0 Å². The summed E-state index contributed by atoms with van der Waals surface area (Å²) in [5.41, 5.74) is 0.489. The Bertz CT molecular complexity index is 598. The fourth-order valence-corrected chi connectivity index (χ4v) is 3.46. The standard InChI is InChI=1S/C15H15BrClNOS/c1-9(2)14(12-7-4-8-20-12)18-15(19)10-5-3-6-11(16)13(10)17/h3-9,14H,1-2H3,(H,18,19). The molecule has 2 nitrogen and oxygen atoms in total. The summed E-state index contributed by atoms with van der Waals surface area (Å²) in [5, 5.41) is 5.53. The zero-order valence-corrected chi connectivity index (χ0v) is 14.3. The molecule has 2 rings (SSSR count). The van der Waals surface area contributed by atoms with Crippen molar-refractivity contribution in [1.29, 1.82) is 0 Å². The number of hydrogen-bond acceptors (Lipinski definition) is 2. The zero-order chi connectivity index (χ0) is 14.7. The number of halogens is 2. The lowest BCUT2D eigenvalue weighted by molar-refractivity contribution is 0.0926. The van der Waals surface area contributed by atoms with Gasteiger partial charge in [-0.25, -0.2) is 0 Å². The second-order valence-electron chi connectivity index (χ2n) is 4.81. The normalized spacial score (nSPS) is 12.4. The highest BCUT2D eigenvalue weighted by Crippen LogP contribution is 2.29. The van der Waals surface area contributed by atoms with Crippen molar-refractivity contribution in [2.45, 2.75) is 19.9 Å². The third-order valence-corrected chi connectivity index (χ3v) is 5.25. The van der Waals surface area contributed by atoms with Crippen LogP contribution in [0.15, 0.2) is 40.2 Å². The Balaban J connectivity index is 2.23. The molecule has 0 bridgehead atoms. The minimum atomic E-state index is -0.150. The number of benzene rings is 1. The monoisotopic (exact) mass is 371 g/mol. The predicted molar refractivity (Wildman–Crippen MR) is 88.5 cm³/mol. The van der Waals surface area contributed by atoms with Crippen molar-refractivity contribution in [1.82, 2.24) is 5.32 Å². The SMILES string of the molecule is CC(C)C(NC(=O)c1cccc(Br)c1Cl)c1cccs1. The van der Waals surface area contributed by atoms with Crippen LogP contribution in [0.1, 0.15) is 35.1 Å². The van der Waals surface area contributed by atoms with E-state index in [1.54, 1.807) is 23.5 Å². The molecular weight excluding hydrogens is 358 g/mol. The molecule has 1 N–H and O–H groups in total. The summed E-state index contributed by atoms with van der Waals surface area (Å²) in [6, 6.07) is 9.39. The number of nitrogens with one attached hydrogen (secondary N) is 1. The Morgan fingerprint density at radius 2 is 2.05 bits per heavy atom. The lowest BCUT2D eigenvalue weighted by Gasteiger charge is -2.21. The van der Waals surface area contributed by atoms with Crippen molar-refractivity contribution in [3.8, 4) is 0 Å². The van der Waals surface area contributed by atoms with Gasteiger partial charge in [0.2, 0.25) is 0 Å². The van der Waals surface area contributed by atoms with Gasteiger partial charge in [-0.15, -0.1) is 11.3 Å². The maximum Gasteiger partial charge on any atom is 0.253 e. The molecule has 1 amide bonds. The molecule has 0 spiro atoms. The molecule has 0 saturated heterocycles. The highest BCUT2D eigenvalue weighted by molar-refractivity contribution is 9.10. The first kappa shape index (κ1) is 15.5. The Morgan fingerprint density at radius 1 is 1.30 bits per heavy atom. The van der Waals surface area contributed by atoms with E-state index in [-0.39, 0.29) is 11.9 Å². The Labute approximate surface area is 136 Å². The van der Waals surface area contributed by atoms with Gasteiger partial charge >= 0.3 is 0 Å². The maximum absolute atomic E-state index is 12.4. The van der Waals surface area contributed by atoms with E-state index in [1.807, 2.05) is 23.6 Å². The Hall–Kier alpha value is -0.840. The first-order chi connectivity index (χ1) is 9.50. The van der Waals surface area contributed by atoms with E-state index in [9.17, 15) is 4.79 Å². The highest BCUT2D eigenvalue weighted by atomic mass is 79.9. The summed E-state index contributed by atoms with van der Waals surface area (Å²) in [4.78, 5) is 13.6. The number of hydrogen-bond donors (Lipinski definition) is 1. The van der Waals surface area contributed by atoms with Gasteiger partial charge in [0.05, 0.1) is 16.6 Å². The van der Waals surface area contributed by atoms with Gasteiger partial charge < -0.3 is 5.32 Å². The molecule has 20 heavy (non-hydrogen) atoms. The molecule has 0 aliphatic heterocycles. The molecule has 5 heteroatoms. The summed E-state index contributed by atoms with van der Waals surface area (Å²) < 4.78 is 0.726. The molecule has 106 valence electrons. The van der Waals surface area contributed by atoms with Gasteiger partial charge in [0, 0.05) is 9.35 Å². The quantitative estimate of drug-likeness (QED) is 0.776. The molecular formula is C15H15BrClNOS. The number of amides is 1. The lowest BCUT2D eigenvalue weighted by Crippen LogP contribution is -2.31. The van der Waals surface area contributed by atoms with Gasteiger partial charge in [0.25, 0.3) is 5.91 Å². The molecule has 1 aromatic carbocycles. The highest BCUT2D eigenvalue weighted by Gasteiger charge is 2.21. The summed E-state index contributed by atoms with van der Waals surface area (Å²) in [6.45, 7) is 4.18. The van der Waals surface area contributed by atoms with Crippen LogP contribution in [0.3, 0.4) is 0 Å². The second-order valence-corrected chi connectivity index (χ2v) is 7.02. The van der Waals surface area contributed by atoms with Crippen LogP contribution in [-0.4, -0.2) is 5.91 Å². The first-order valence-electron chi connectivity index (χ1n) is 6.29. The van der Waals surface area contributed by atoms with Crippen molar-refractivity contribution < 1.29 is 4.79 Å². The molecule has 0 aliphatic rings. The molecule has 0 fully saturated rings. The first-order valence-corrected chi connectivity index (χ1v) is 8.34. The van der Waals surface area contributed by atoms with Crippen LogP contribution in [0, 0.1) is 5.92 Å². The van der Waals surface area contributed by atoms with E-state index in [4.69, 9.17) is 11.6 Å². The van der Waals surface area contributed by atoms with Gasteiger partial charge in [-0.05, 0) is 45.4 Å². The Kier molecular flexibility index (Phi) is 5.24. The summed E-state index contributed by atoms with van der Waals surface area (Å²) in [5.74, 6) is 0.159. The van der Waals surface area contributed by atoms with Gasteiger partial charge in [0.1, 0.15) is 0 Å². The second kappa shape index (κ2) is 6.74. The van der Waals surface area contributed by atoms with E-state index in [0.29, 0.717) is 16.5 Å². The largest absolute Gasteiger partial charge is 0.344 e. The number of carbonyl (C=O) groups excluding carboxylic acids is 1. The zero-order valence-electron chi connectivity index (χ0n) is 11.2. The fourth-order valence-electron chi connectivity index (χ4n) is 1.93. The average molecular weight is 373 g/mol. The molecule has 2 aromatic rings. The van der Waals surface area contributed by atoms with Crippen molar-refractivity contribution in [2.24, 2.45) is 5.92 Å². The maximum atomic E-state index is 12.4. The smallest absolute Gasteiger partial charge is 0.253 e. The summed E-state index contributed by atoms with van der Waals surface area (Å²) >= 11 is 11.2. The van der Waals surface area contributed by atoms with Crippen LogP contribution in [-0.2, 0) is 0 Å². The van der Waals surface area contributed by atoms with E-state index in [2.05, 4.69) is 35.1 Å². The van der Waals surface area contributed by atoms with Crippen LogP contribution in [0.5, 0.6) is 0 Å². The molecule has 0 aliphatic carbocycles. The molecule has 1 aromatic heterocycles. The number of rotatable bonds is 4. The minimum Gasteiger partial charge on any atom is -0.344 e.